The maximum Gasteiger partial charge on any atom is 0.319 e. The molecule has 0 aliphatic carbocycles. The molecule has 1 aromatic heterocycles. The molecular formula is C3H2ClN3OS. The predicted molar refractivity (Wildman–Crippen MR) is 34.8 cm³/mol. The molecule has 0 unspecified atom stereocenters. The average molecular weight is 164 g/mol. The summed E-state index contributed by atoms with van der Waals surface area (Å²) in [5.41, 5.74) is 0. The molecule has 48 valence electrons. The number of rotatable bonds is 1. The minimum atomic E-state index is -0.650. The van der Waals surface area contributed by atoms with Gasteiger partial charge in [0.25, 0.3) is 0 Å². The monoisotopic (exact) mass is 163 g/mol. The molecular weight excluding hydrogens is 162 g/mol. The Morgan fingerprint density at radius 2 is 2.67 bits per heavy atom. The van der Waals surface area contributed by atoms with Gasteiger partial charge in [-0.3, -0.25) is 10.1 Å². The van der Waals surface area contributed by atoms with Gasteiger partial charge >= 0.3 is 5.37 Å². The second-order valence-corrected chi connectivity index (χ2v) is 2.14. The van der Waals surface area contributed by atoms with Crippen LogP contribution in [0.1, 0.15) is 0 Å². The lowest BCUT2D eigenvalue weighted by Crippen LogP contribution is -2.00. The van der Waals surface area contributed by atoms with Crippen LogP contribution in [0.4, 0.5) is 10.6 Å². The lowest BCUT2D eigenvalue weighted by Gasteiger charge is -1.87. The van der Waals surface area contributed by atoms with E-state index in [1.807, 2.05) is 0 Å². The summed E-state index contributed by atoms with van der Waals surface area (Å²) >= 11 is 6.10. The van der Waals surface area contributed by atoms with Gasteiger partial charge < -0.3 is 0 Å². The summed E-state index contributed by atoms with van der Waals surface area (Å²) in [6, 6.07) is 0. The van der Waals surface area contributed by atoms with Gasteiger partial charge in [-0.15, -0.1) is 5.10 Å². The van der Waals surface area contributed by atoms with E-state index in [1.54, 1.807) is 5.38 Å². The van der Waals surface area contributed by atoms with E-state index in [-0.39, 0.29) is 0 Å². The molecule has 6 heteroatoms. The van der Waals surface area contributed by atoms with Crippen LogP contribution in [0.5, 0.6) is 0 Å². The Hall–Kier alpha value is -0.680. The summed E-state index contributed by atoms with van der Waals surface area (Å²) < 4.78 is 3.49. The molecule has 0 radical (unpaired) electrons. The van der Waals surface area contributed by atoms with Crippen molar-refractivity contribution in [2.24, 2.45) is 0 Å². The van der Waals surface area contributed by atoms with Gasteiger partial charge in [0.05, 0.1) is 5.38 Å². The average Bonchev–Trinajstić information content (AvgIpc) is 2.15. The highest BCUT2D eigenvalue weighted by molar-refractivity contribution is 7.03. The third-order valence-electron chi connectivity index (χ3n) is 0.586. The van der Waals surface area contributed by atoms with E-state index in [0.29, 0.717) is 5.82 Å². The molecule has 0 atom stereocenters. The minimum absolute atomic E-state index is 0.389. The molecule has 0 spiro atoms. The van der Waals surface area contributed by atoms with Gasteiger partial charge in [0.2, 0.25) is 0 Å². The molecule has 0 aliphatic heterocycles. The van der Waals surface area contributed by atoms with Gasteiger partial charge in [-0.25, -0.2) is 0 Å². The zero-order valence-corrected chi connectivity index (χ0v) is 5.74. The molecule has 0 saturated carbocycles. The Morgan fingerprint density at radius 3 is 3.11 bits per heavy atom. The lowest BCUT2D eigenvalue weighted by atomic mass is 10.8. The first kappa shape index (κ1) is 6.44. The standard InChI is InChI=1S/C3H2ClN3OS/c4-3(8)5-2-1-9-7-6-2/h1H,(H,5,8). The van der Waals surface area contributed by atoms with Crippen LogP contribution in [-0.4, -0.2) is 15.0 Å². The SMILES string of the molecule is O=C(Cl)Nc1csnn1. The van der Waals surface area contributed by atoms with E-state index in [1.165, 1.54) is 0 Å². The van der Waals surface area contributed by atoms with Crippen molar-refractivity contribution < 1.29 is 4.79 Å². The summed E-state index contributed by atoms with van der Waals surface area (Å²) in [6.45, 7) is 0. The second-order valence-electron chi connectivity index (χ2n) is 1.19. The van der Waals surface area contributed by atoms with Crippen LogP contribution < -0.4 is 5.32 Å². The van der Waals surface area contributed by atoms with Gasteiger partial charge in [-0.2, -0.15) is 0 Å². The van der Waals surface area contributed by atoms with Crippen molar-refractivity contribution in [2.45, 2.75) is 0 Å². The number of carbonyl (C=O) groups is 1. The van der Waals surface area contributed by atoms with Gasteiger partial charge in [0.15, 0.2) is 5.82 Å². The molecule has 1 heterocycles. The van der Waals surface area contributed by atoms with E-state index in [0.717, 1.165) is 11.5 Å². The van der Waals surface area contributed by atoms with Gasteiger partial charge in [-0.1, -0.05) is 4.49 Å². The van der Waals surface area contributed by atoms with Crippen molar-refractivity contribution in [3.63, 3.8) is 0 Å². The van der Waals surface area contributed by atoms with Crippen molar-refractivity contribution in [3.8, 4) is 0 Å². The van der Waals surface area contributed by atoms with Crippen LogP contribution in [-0.2, 0) is 0 Å². The number of hydrogen-bond donors (Lipinski definition) is 1. The van der Waals surface area contributed by atoms with E-state index in [2.05, 4.69) is 14.9 Å². The highest BCUT2D eigenvalue weighted by atomic mass is 35.5. The fourth-order valence-electron chi connectivity index (χ4n) is 0.320. The Labute approximate surface area is 60.0 Å². The number of hydrogen-bond acceptors (Lipinski definition) is 4. The number of anilines is 1. The normalized spacial score (nSPS) is 9.00. The van der Waals surface area contributed by atoms with Gasteiger partial charge in [0, 0.05) is 0 Å². The fourth-order valence-corrected chi connectivity index (χ4v) is 0.805. The van der Waals surface area contributed by atoms with E-state index >= 15 is 0 Å². The molecule has 0 saturated heterocycles. The number of nitrogens with one attached hydrogen (secondary N) is 1. The molecule has 0 fully saturated rings. The third kappa shape index (κ3) is 1.95. The maximum absolute atomic E-state index is 10.1. The Bertz CT molecular complexity index is 199. The number of halogens is 1. The van der Waals surface area contributed by atoms with Crippen LogP contribution in [0.3, 0.4) is 0 Å². The Kier molecular flexibility index (Phi) is 1.96. The summed E-state index contributed by atoms with van der Waals surface area (Å²) in [7, 11) is 0. The van der Waals surface area contributed by atoms with Gasteiger partial charge in [-0.05, 0) is 23.1 Å². The fraction of sp³-hybridized carbons (Fsp3) is 0. The molecule has 1 rings (SSSR count). The van der Waals surface area contributed by atoms with Crippen LogP contribution in [0.2, 0.25) is 0 Å². The lowest BCUT2D eigenvalue weighted by molar-refractivity contribution is 0.269. The molecule has 4 nitrogen and oxygen atoms in total. The molecule has 0 aromatic carbocycles. The van der Waals surface area contributed by atoms with E-state index < -0.39 is 5.37 Å². The van der Waals surface area contributed by atoms with Gasteiger partial charge in [0.1, 0.15) is 0 Å². The summed E-state index contributed by atoms with van der Waals surface area (Å²) in [5.74, 6) is 0.389. The quantitative estimate of drug-likeness (QED) is 0.502. The molecule has 1 amide bonds. The molecule has 9 heavy (non-hydrogen) atoms. The molecule has 1 N–H and O–H groups in total. The van der Waals surface area contributed by atoms with Crippen LogP contribution >= 0.6 is 23.1 Å². The van der Waals surface area contributed by atoms with Crippen molar-refractivity contribution >= 4 is 34.3 Å². The smallest absolute Gasteiger partial charge is 0.295 e. The van der Waals surface area contributed by atoms with Crippen molar-refractivity contribution in [2.75, 3.05) is 5.32 Å². The predicted octanol–water partition coefficient (Wildman–Crippen LogP) is 1.31. The van der Waals surface area contributed by atoms with Crippen LogP contribution in [0.15, 0.2) is 5.38 Å². The first-order valence-electron chi connectivity index (χ1n) is 2.02. The molecule has 0 aliphatic rings. The molecule has 0 bridgehead atoms. The van der Waals surface area contributed by atoms with Crippen LogP contribution in [0, 0.1) is 0 Å². The number of nitrogens with zero attached hydrogens (tertiary/aromatic N) is 2. The summed E-state index contributed by atoms with van der Waals surface area (Å²) in [6.07, 6.45) is 0. The summed E-state index contributed by atoms with van der Waals surface area (Å²) in [5, 5.41) is 6.69. The topological polar surface area (TPSA) is 54.9 Å². The highest BCUT2D eigenvalue weighted by Gasteiger charge is 1.97. The Balaban J connectivity index is 2.58. The highest BCUT2D eigenvalue weighted by Crippen LogP contribution is 2.03. The first-order valence-corrected chi connectivity index (χ1v) is 3.24. The van der Waals surface area contributed by atoms with Crippen molar-refractivity contribution in [3.05, 3.63) is 5.38 Å². The van der Waals surface area contributed by atoms with Crippen LogP contribution in [0.25, 0.3) is 0 Å². The van der Waals surface area contributed by atoms with Crippen molar-refractivity contribution in [1.82, 2.24) is 9.59 Å². The zero-order chi connectivity index (χ0) is 6.69. The third-order valence-corrected chi connectivity index (χ3v) is 1.19. The minimum Gasteiger partial charge on any atom is -0.295 e. The number of carbonyl (C=O) groups excluding carboxylic acids is 1. The molecule has 1 aromatic rings. The number of aromatic nitrogens is 2. The number of amides is 1. The first-order chi connectivity index (χ1) is 4.29. The largest absolute Gasteiger partial charge is 0.319 e. The van der Waals surface area contributed by atoms with E-state index in [4.69, 9.17) is 11.6 Å². The Morgan fingerprint density at radius 1 is 1.89 bits per heavy atom. The van der Waals surface area contributed by atoms with Crippen molar-refractivity contribution in [1.29, 1.82) is 0 Å². The van der Waals surface area contributed by atoms with E-state index in [9.17, 15) is 4.79 Å². The zero-order valence-electron chi connectivity index (χ0n) is 4.17. The second kappa shape index (κ2) is 2.75. The summed E-state index contributed by atoms with van der Waals surface area (Å²) in [4.78, 5) is 10.1. The maximum atomic E-state index is 10.1.